The van der Waals surface area contributed by atoms with E-state index in [9.17, 15) is 14.4 Å². The van der Waals surface area contributed by atoms with E-state index in [0.717, 1.165) is 12.8 Å². The number of benzene rings is 1. The van der Waals surface area contributed by atoms with Crippen LogP contribution in [-0.2, 0) is 11.8 Å². The SMILES string of the molecule is CC(Oc1ccccc1)C(=O)Nc1cc(C(=O)N2CCCC2)cn(C)c1=O. The molecule has 1 aromatic heterocycles. The first-order chi connectivity index (χ1) is 13.0. The lowest BCUT2D eigenvalue weighted by atomic mass is 10.2. The summed E-state index contributed by atoms with van der Waals surface area (Å²) in [4.78, 5) is 39.2. The van der Waals surface area contributed by atoms with E-state index in [1.54, 1.807) is 31.0 Å². The third kappa shape index (κ3) is 4.36. The van der Waals surface area contributed by atoms with Crippen molar-refractivity contribution in [2.45, 2.75) is 25.9 Å². The van der Waals surface area contributed by atoms with Crippen LogP contribution in [0, 0.1) is 0 Å². The molecule has 1 saturated heterocycles. The van der Waals surface area contributed by atoms with Gasteiger partial charge in [-0.1, -0.05) is 18.2 Å². The Balaban J connectivity index is 1.76. The van der Waals surface area contributed by atoms with Crippen LogP contribution in [0.3, 0.4) is 0 Å². The van der Waals surface area contributed by atoms with Gasteiger partial charge in [0.1, 0.15) is 11.4 Å². The van der Waals surface area contributed by atoms with E-state index in [-0.39, 0.29) is 17.2 Å². The van der Waals surface area contributed by atoms with Gasteiger partial charge in [-0.2, -0.15) is 0 Å². The van der Waals surface area contributed by atoms with Crippen LogP contribution >= 0.6 is 0 Å². The van der Waals surface area contributed by atoms with E-state index in [2.05, 4.69) is 5.32 Å². The van der Waals surface area contributed by atoms with Crippen LogP contribution in [-0.4, -0.2) is 40.5 Å². The third-order valence-corrected chi connectivity index (χ3v) is 4.51. The molecule has 2 heterocycles. The number of amides is 2. The van der Waals surface area contributed by atoms with Gasteiger partial charge in [0.15, 0.2) is 6.10 Å². The Morgan fingerprint density at radius 2 is 1.81 bits per heavy atom. The van der Waals surface area contributed by atoms with Crippen molar-refractivity contribution in [2.75, 3.05) is 18.4 Å². The van der Waals surface area contributed by atoms with Crippen molar-refractivity contribution < 1.29 is 14.3 Å². The number of hydrogen-bond donors (Lipinski definition) is 1. The number of rotatable bonds is 5. The van der Waals surface area contributed by atoms with Crippen LogP contribution in [0.5, 0.6) is 5.75 Å². The number of carbonyl (C=O) groups excluding carboxylic acids is 2. The average Bonchev–Trinajstić information content (AvgIpc) is 3.20. The van der Waals surface area contributed by atoms with Gasteiger partial charge in [0.05, 0.1) is 5.56 Å². The van der Waals surface area contributed by atoms with E-state index in [0.29, 0.717) is 24.4 Å². The van der Waals surface area contributed by atoms with E-state index < -0.39 is 12.0 Å². The summed E-state index contributed by atoms with van der Waals surface area (Å²) in [6.07, 6.45) is 2.67. The monoisotopic (exact) mass is 369 g/mol. The fourth-order valence-electron chi connectivity index (χ4n) is 3.01. The summed E-state index contributed by atoms with van der Waals surface area (Å²) in [7, 11) is 1.56. The van der Waals surface area contributed by atoms with Gasteiger partial charge in [-0.25, -0.2) is 0 Å². The summed E-state index contributed by atoms with van der Waals surface area (Å²) in [5.74, 6) is -0.0279. The highest BCUT2D eigenvalue weighted by atomic mass is 16.5. The Labute approximate surface area is 157 Å². The van der Waals surface area contributed by atoms with Crippen LogP contribution in [0.4, 0.5) is 5.69 Å². The Bertz CT molecular complexity index is 886. The van der Waals surface area contributed by atoms with Gasteiger partial charge in [0.25, 0.3) is 17.4 Å². The molecule has 1 aromatic carbocycles. The minimum atomic E-state index is -0.796. The van der Waals surface area contributed by atoms with E-state index in [1.165, 1.54) is 16.8 Å². The molecule has 0 bridgehead atoms. The van der Waals surface area contributed by atoms with Gasteiger partial charge in [0.2, 0.25) is 0 Å². The van der Waals surface area contributed by atoms with E-state index in [1.807, 2.05) is 18.2 Å². The fraction of sp³-hybridized carbons (Fsp3) is 0.350. The van der Waals surface area contributed by atoms with Gasteiger partial charge >= 0.3 is 0 Å². The molecule has 1 aliphatic rings. The van der Waals surface area contributed by atoms with E-state index >= 15 is 0 Å². The maximum atomic E-state index is 12.6. The first kappa shape index (κ1) is 18.7. The predicted octanol–water partition coefficient (Wildman–Crippen LogP) is 2.03. The van der Waals surface area contributed by atoms with Crippen LogP contribution in [0.15, 0.2) is 47.4 Å². The normalized spacial score (nSPS) is 14.7. The predicted molar refractivity (Wildman–Crippen MR) is 102 cm³/mol. The zero-order valence-corrected chi connectivity index (χ0v) is 15.5. The van der Waals surface area contributed by atoms with Crippen molar-refractivity contribution >= 4 is 17.5 Å². The summed E-state index contributed by atoms with van der Waals surface area (Å²) in [6.45, 7) is 3.03. The summed E-state index contributed by atoms with van der Waals surface area (Å²) >= 11 is 0. The molecule has 1 fully saturated rings. The molecule has 1 atom stereocenters. The largest absolute Gasteiger partial charge is 0.481 e. The Morgan fingerprint density at radius 3 is 2.48 bits per heavy atom. The second kappa shape index (κ2) is 8.07. The topological polar surface area (TPSA) is 80.6 Å². The summed E-state index contributed by atoms with van der Waals surface area (Å²) in [6, 6.07) is 10.4. The molecular weight excluding hydrogens is 346 g/mol. The number of likely N-dealkylation sites (tertiary alicyclic amines) is 1. The molecule has 7 heteroatoms. The quantitative estimate of drug-likeness (QED) is 0.874. The smallest absolute Gasteiger partial charge is 0.274 e. The number of para-hydroxylation sites is 1. The first-order valence-electron chi connectivity index (χ1n) is 8.98. The fourth-order valence-corrected chi connectivity index (χ4v) is 3.01. The Kier molecular flexibility index (Phi) is 5.59. The number of ether oxygens (including phenoxy) is 1. The molecule has 0 saturated carbocycles. The molecule has 1 N–H and O–H groups in total. The molecule has 1 unspecified atom stereocenters. The number of aromatic nitrogens is 1. The molecule has 0 aliphatic carbocycles. The number of aryl methyl sites for hydroxylation is 1. The number of anilines is 1. The Morgan fingerprint density at radius 1 is 1.15 bits per heavy atom. The molecule has 7 nitrogen and oxygen atoms in total. The van der Waals surface area contributed by atoms with Crippen molar-refractivity contribution in [2.24, 2.45) is 7.05 Å². The number of hydrogen-bond acceptors (Lipinski definition) is 4. The average molecular weight is 369 g/mol. The van der Waals surface area contributed by atoms with Crippen LogP contribution < -0.4 is 15.6 Å². The lowest BCUT2D eigenvalue weighted by Crippen LogP contribution is -2.34. The highest BCUT2D eigenvalue weighted by Gasteiger charge is 2.22. The van der Waals surface area contributed by atoms with Crippen molar-refractivity contribution in [1.82, 2.24) is 9.47 Å². The number of carbonyl (C=O) groups is 2. The van der Waals surface area contributed by atoms with Crippen molar-refractivity contribution in [3.8, 4) is 5.75 Å². The summed E-state index contributed by atoms with van der Waals surface area (Å²) < 4.78 is 6.89. The highest BCUT2D eigenvalue weighted by Crippen LogP contribution is 2.15. The summed E-state index contributed by atoms with van der Waals surface area (Å²) in [5.41, 5.74) is 0.0650. The van der Waals surface area contributed by atoms with Crippen molar-refractivity contribution in [3.05, 3.63) is 58.5 Å². The molecule has 1 aliphatic heterocycles. The van der Waals surface area contributed by atoms with Crippen LogP contribution in [0.1, 0.15) is 30.1 Å². The molecule has 2 aromatic rings. The minimum absolute atomic E-state index is 0.0658. The second-order valence-electron chi connectivity index (χ2n) is 6.62. The number of nitrogens with zero attached hydrogens (tertiary/aromatic N) is 2. The number of pyridine rings is 1. The maximum absolute atomic E-state index is 12.6. The molecule has 27 heavy (non-hydrogen) atoms. The summed E-state index contributed by atoms with van der Waals surface area (Å²) in [5, 5.41) is 2.59. The Hall–Kier alpha value is -3.09. The maximum Gasteiger partial charge on any atom is 0.274 e. The van der Waals surface area contributed by atoms with Crippen molar-refractivity contribution in [3.63, 3.8) is 0 Å². The second-order valence-corrected chi connectivity index (χ2v) is 6.62. The molecule has 3 rings (SSSR count). The van der Waals surface area contributed by atoms with Gasteiger partial charge < -0.3 is 19.5 Å². The lowest BCUT2D eigenvalue weighted by Gasteiger charge is -2.18. The molecule has 0 radical (unpaired) electrons. The molecule has 0 spiro atoms. The lowest BCUT2D eigenvalue weighted by molar-refractivity contribution is -0.122. The van der Waals surface area contributed by atoms with Gasteiger partial charge in [0, 0.05) is 26.3 Å². The minimum Gasteiger partial charge on any atom is -0.481 e. The molecular formula is C20H23N3O4. The zero-order valence-electron chi connectivity index (χ0n) is 15.5. The van der Waals surface area contributed by atoms with Gasteiger partial charge in [-0.05, 0) is 38.0 Å². The molecule has 142 valence electrons. The van der Waals surface area contributed by atoms with Crippen molar-refractivity contribution in [1.29, 1.82) is 0 Å². The highest BCUT2D eigenvalue weighted by molar-refractivity contribution is 5.98. The first-order valence-corrected chi connectivity index (χ1v) is 8.98. The van der Waals surface area contributed by atoms with Crippen LogP contribution in [0.2, 0.25) is 0 Å². The van der Waals surface area contributed by atoms with E-state index in [4.69, 9.17) is 4.74 Å². The third-order valence-electron chi connectivity index (χ3n) is 4.51. The standard InChI is InChI=1S/C20H23N3O4/c1-14(27-16-8-4-3-5-9-16)18(24)21-17-12-15(13-22(2)20(17)26)19(25)23-10-6-7-11-23/h3-5,8-9,12-14H,6-7,10-11H2,1-2H3,(H,21,24). The van der Waals surface area contributed by atoms with Gasteiger partial charge in [-0.15, -0.1) is 0 Å². The number of nitrogens with one attached hydrogen (secondary N) is 1. The zero-order chi connectivity index (χ0) is 19.4. The van der Waals surface area contributed by atoms with Gasteiger partial charge in [-0.3, -0.25) is 14.4 Å². The van der Waals surface area contributed by atoms with Crippen LogP contribution in [0.25, 0.3) is 0 Å². The molecule has 2 amide bonds.